The van der Waals surface area contributed by atoms with Crippen LogP contribution in [0.5, 0.6) is 0 Å². The van der Waals surface area contributed by atoms with Crippen LogP contribution in [0.25, 0.3) is 0 Å². The summed E-state index contributed by atoms with van der Waals surface area (Å²) < 4.78 is 0. The van der Waals surface area contributed by atoms with Gasteiger partial charge in [0.1, 0.15) is 0 Å². The zero-order chi connectivity index (χ0) is 7.14. The molecule has 1 saturated heterocycles. The maximum atomic E-state index is 10.8. The third-order valence-corrected chi connectivity index (χ3v) is 2.40. The highest BCUT2D eigenvalue weighted by Gasteiger charge is 2.49. The van der Waals surface area contributed by atoms with E-state index in [1.165, 1.54) is 0 Å². The molecule has 0 amide bonds. The van der Waals surface area contributed by atoms with Crippen LogP contribution in [0, 0.1) is 11.8 Å². The van der Waals surface area contributed by atoms with Gasteiger partial charge >= 0.3 is 0 Å². The van der Waals surface area contributed by atoms with Crippen LogP contribution < -0.4 is 5.32 Å². The van der Waals surface area contributed by atoms with Crippen molar-refractivity contribution in [2.24, 2.45) is 11.8 Å². The van der Waals surface area contributed by atoms with Crippen molar-refractivity contribution in [2.75, 3.05) is 13.1 Å². The van der Waals surface area contributed by atoms with Crippen LogP contribution in [0.15, 0.2) is 0 Å². The van der Waals surface area contributed by atoms with Gasteiger partial charge in [-0.15, -0.1) is 0 Å². The van der Waals surface area contributed by atoms with Crippen LogP contribution in [0.1, 0.15) is 6.42 Å². The number of ketones is 2. The molecule has 0 unspecified atom stereocenters. The molecule has 1 saturated carbocycles. The predicted molar refractivity (Wildman–Crippen MR) is 34.5 cm³/mol. The first kappa shape index (κ1) is 6.04. The van der Waals surface area contributed by atoms with Gasteiger partial charge in [-0.05, 0) is 13.0 Å². The molecule has 54 valence electrons. The highest BCUT2D eigenvalue weighted by Crippen LogP contribution is 2.31. The minimum absolute atomic E-state index is 0.0289. The molecule has 1 aliphatic carbocycles. The second-order valence-electron chi connectivity index (χ2n) is 2.93. The fraction of sp³-hybridized carbons (Fsp3) is 0.714. The third-order valence-electron chi connectivity index (χ3n) is 2.40. The van der Waals surface area contributed by atoms with Crippen molar-refractivity contribution in [1.29, 1.82) is 0 Å². The summed E-state index contributed by atoms with van der Waals surface area (Å²) >= 11 is 0. The molecule has 2 rings (SSSR count). The van der Waals surface area contributed by atoms with E-state index in [0.29, 0.717) is 0 Å². The smallest absolute Gasteiger partial charge is 0.203 e. The van der Waals surface area contributed by atoms with E-state index in [4.69, 9.17) is 0 Å². The Labute approximate surface area is 58.8 Å². The van der Waals surface area contributed by atoms with Crippen LogP contribution in [-0.4, -0.2) is 24.7 Å². The van der Waals surface area contributed by atoms with Crippen molar-refractivity contribution < 1.29 is 9.59 Å². The summed E-state index contributed by atoms with van der Waals surface area (Å²) in [5.41, 5.74) is 0. The molecule has 1 aliphatic heterocycles. The number of Topliss-reactive ketones (excluding diaryl/α,β-unsaturated/α-hetero) is 2. The lowest BCUT2D eigenvalue weighted by Gasteiger charge is -2.37. The van der Waals surface area contributed by atoms with Crippen molar-refractivity contribution in [2.45, 2.75) is 6.42 Å². The largest absolute Gasteiger partial charge is 0.316 e. The molecule has 10 heavy (non-hydrogen) atoms. The summed E-state index contributed by atoms with van der Waals surface area (Å²) in [5, 5.41) is 3.09. The Hall–Kier alpha value is -0.700. The van der Waals surface area contributed by atoms with Crippen molar-refractivity contribution in [3.8, 4) is 0 Å². The van der Waals surface area contributed by atoms with Gasteiger partial charge < -0.3 is 5.32 Å². The lowest BCUT2D eigenvalue weighted by molar-refractivity contribution is -0.153. The highest BCUT2D eigenvalue weighted by molar-refractivity contribution is 6.45. The predicted octanol–water partition coefficient (Wildman–Crippen LogP) is -0.636. The number of carbonyl (C=O) groups is 2. The Morgan fingerprint density at radius 3 is 2.60 bits per heavy atom. The van der Waals surface area contributed by atoms with Crippen LogP contribution >= 0.6 is 0 Å². The Kier molecular flexibility index (Phi) is 1.14. The molecule has 0 aromatic rings. The molecule has 1 heterocycles. The van der Waals surface area contributed by atoms with Gasteiger partial charge in [0.2, 0.25) is 11.6 Å². The maximum absolute atomic E-state index is 10.8. The quantitative estimate of drug-likeness (QED) is 0.454. The average Bonchev–Trinajstić information content (AvgIpc) is 2.03. The second-order valence-corrected chi connectivity index (χ2v) is 2.93. The van der Waals surface area contributed by atoms with Crippen molar-refractivity contribution in [3.63, 3.8) is 0 Å². The molecule has 0 aromatic carbocycles. The van der Waals surface area contributed by atoms with Gasteiger partial charge in [-0.25, -0.2) is 0 Å². The fourth-order valence-electron chi connectivity index (χ4n) is 1.72. The van der Waals surface area contributed by atoms with Crippen LogP contribution in [0.4, 0.5) is 0 Å². The molecule has 0 radical (unpaired) electrons. The van der Waals surface area contributed by atoms with Gasteiger partial charge in [0.15, 0.2) is 0 Å². The lowest BCUT2D eigenvalue weighted by atomic mass is 9.68. The molecule has 1 N–H and O–H groups in total. The van der Waals surface area contributed by atoms with E-state index < -0.39 is 0 Å². The first-order valence-corrected chi connectivity index (χ1v) is 3.59. The van der Waals surface area contributed by atoms with Crippen molar-refractivity contribution in [3.05, 3.63) is 0 Å². The number of hydrogen-bond donors (Lipinski definition) is 1. The first-order valence-electron chi connectivity index (χ1n) is 3.59. The zero-order valence-electron chi connectivity index (χ0n) is 5.59. The molecule has 3 nitrogen and oxygen atoms in total. The third kappa shape index (κ3) is 0.583. The van der Waals surface area contributed by atoms with Gasteiger partial charge in [-0.2, -0.15) is 0 Å². The van der Waals surface area contributed by atoms with Gasteiger partial charge in [-0.3, -0.25) is 9.59 Å². The fourth-order valence-corrected chi connectivity index (χ4v) is 1.72. The van der Waals surface area contributed by atoms with Crippen molar-refractivity contribution in [1.82, 2.24) is 5.32 Å². The molecule has 3 heteroatoms. The molecule has 0 aromatic heterocycles. The normalized spacial score (nSPS) is 38.8. The molecular weight excluding hydrogens is 130 g/mol. The van der Waals surface area contributed by atoms with Crippen molar-refractivity contribution >= 4 is 11.6 Å². The van der Waals surface area contributed by atoms with Gasteiger partial charge in [0.05, 0.1) is 0 Å². The molecule has 2 atom stereocenters. The number of hydrogen-bond acceptors (Lipinski definition) is 3. The zero-order valence-corrected chi connectivity index (χ0v) is 5.59. The Bertz CT molecular complexity index is 178. The van der Waals surface area contributed by atoms with E-state index in [1.54, 1.807) is 0 Å². The average molecular weight is 139 g/mol. The Morgan fingerprint density at radius 1 is 1.20 bits per heavy atom. The van der Waals surface area contributed by atoms with E-state index in [0.717, 1.165) is 19.5 Å². The lowest BCUT2D eigenvalue weighted by Crippen LogP contribution is -2.56. The standard InChI is InChI=1S/C7H9NO2/c9-6-4-1-2-8-3-5(4)7(6)10/h4-5,8H,1-3H2/t4-,5+/m1/s1. The maximum Gasteiger partial charge on any atom is 0.203 e. The van der Waals surface area contributed by atoms with Gasteiger partial charge in [0, 0.05) is 18.4 Å². The topological polar surface area (TPSA) is 46.2 Å². The molecule has 0 spiro atoms. The minimum Gasteiger partial charge on any atom is -0.316 e. The van der Waals surface area contributed by atoms with E-state index in [2.05, 4.69) is 5.32 Å². The number of carbonyl (C=O) groups excluding carboxylic acids is 2. The number of nitrogens with one attached hydrogen (secondary N) is 1. The summed E-state index contributed by atoms with van der Waals surface area (Å²) in [4.78, 5) is 21.6. The SMILES string of the molecule is O=C1C(=O)[C@@H]2CCNC[C@H]12. The molecule has 0 bridgehead atoms. The second kappa shape index (κ2) is 1.89. The summed E-state index contributed by atoms with van der Waals surface area (Å²) in [5.74, 6) is -0.182. The van der Waals surface area contributed by atoms with E-state index in [-0.39, 0.29) is 23.4 Å². The summed E-state index contributed by atoms with van der Waals surface area (Å²) in [6.45, 7) is 1.61. The van der Waals surface area contributed by atoms with Crippen LogP contribution in [0.2, 0.25) is 0 Å². The summed E-state index contributed by atoms with van der Waals surface area (Å²) in [6, 6.07) is 0. The monoisotopic (exact) mass is 139 g/mol. The molecular formula is C7H9NO2. The summed E-state index contributed by atoms with van der Waals surface area (Å²) in [7, 11) is 0. The molecule has 2 fully saturated rings. The Balaban J connectivity index is 2.13. The Morgan fingerprint density at radius 2 is 1.90 bits per heavy atom. The van der Waals surface area contributed by atoms with E-state index in [1.807, 2.05) is 0 Å². The summed E-state index contributed by atoms with van der Waals surface area (Å²) in [6.07, 6.45) is 0.856. The molecule has 2 aliphatic rings. The number of rotatable bonds is 0. The van der Waals surface area contributed by atoms with Gasteiger partial charge in [0.25, 0.3) is 0 Å². The van der Waals surface area contributed by atoms with E-state index in [9.17, 15) is 9.59 Å². The van der Waals surface area contributed by atoms with Crippen LogP contribution in [0.3, 0.4) is 0 Å². The highest BCUT2D eigenvalue weighted by atomic mass is 16.2. The van der Waals surface area contributed by atoms with Gasteiger partial charge in [-0.1, -0.05) is 0 Å². The minimum atomic E-state index is -0.155. The van der Waals surface area contributed by atoms with E-state index >= 15 is 0 Å². The number of fused-ring (bicyclic) bond motifs is 1. The van der Waals surface area contributed by atoms with Crippen LogP contribution in [-0.2, 0) is 9.59 Å². The first-order chi connectivity index (χ1) is 4.80. The number of piperidine rings is 1.